The Bertz CT molecular complexity index is 541. The molecule has 0 spiro atoms. The van der Waals surface area contributed by atoms with E-state index < -0.39 is 5.60 Å². The van der Waals surface area contributed by atoms with E-state index in [0.717, 1.165) is 24.9 Å². The Labute approximate surface area is 148 Å². The van der Waals surface area contributed by atoms with Crippen molar-refractivity contribution in [3.63, 3.8) is 0 Å². The van der Waals surface area contributed by atoms with Crippen molar-refractivity contribution in [3.8, 4) is 0 Å². The first-order valence-electron chi connectivity index (χ1n) is 9.06. The van der Waals surface area contributed by atoms with Crippen LogP contribution in [-0.4, -0.2) is 56.4 Å². The maximum atomic E-state index is 13.1. The number of anilines is 1. The van der Waals surface area contributed by atoms with Crippen LogP contribution in [0.25, 0.3) is 0 Å². The summed E-state index contributed by atoms with van der Waals surface area (Å²) in [6.45, 7) is 2.36. The smallest absolute Gasteiger partial charge is 0.123 e. The molecule has 4 atom stereocenters. The van der Waals surface area contributed by atoms with Crippen LogP contribution < -0.4 is 5.32 Å². The number of methoxy groups -OCH3 is 1. The molecule has 25 heavy (non-hydrogen) atoms. The molecule has 3 rings (SSSR count). The normalized spacial score (nSPS) is 32.2. The molecule has 1 aromatic rings. The van der Waals surface area contributed by atoms with Gasteiger partial charge in [0.1, 0.15) is 11.4 Å². The zero-order valence-electron chi connectivity index (χ0n) is 14.7. The lowest BCUT2D eigenvalue weighted by Gasteiger charge is -2.51. The minimum Gasteiger partial charge on any atom is -0.385 e. The van der Waals surface area contributed by atoms with Gasteiger partial charge in [0, 0.05) is 25.3 Å². The molecule has 140 valence electrons. The summed E-state index contributed by atoms with van der Waals surface area (Å²) in [4.78, 5) is 0. The van der Waals surface area contributed by atoms with Gasteiger partial charge in [-0.3, -0.25) is 0 Å². The number of aliphatic hydroxyl groups is 1. The summed E-state index contributed by atoms with van der Waals surface area (Å²) in [5.41, 5.74) is -0.112. The van der Waals surface area contributed by atoms with Crippen LogP contribution in [0.1, 0.15) is 25.7 Å². The molecular formula is C19H28FNO4. The highest BCUT2D eigenvalue weighted by molar-refractivity contribution is 5.45. The van der Waals surface area contributed by atoms with Crippen LogP contribution >= 0.6 is 0 Å². The number of rotatable bonds is 7. The van der Waals surface area contributed by atoms with Crippen molar-refractivity contribution in [2.24, 2.45) is 5.92 Å². The Kier molecular flexibility index (Phi) is 6.28. The highest BCUT2D eigenvalue weighted by Crippen LogP contribution is 2.42. The van der Waals surface area contributed by atoms with E-state index in [1.807, 2.05) is 0 Å². The van der Waals surface area contributed by atoms with E-state index in [4.69, 9.17) is 14.2 Å². The first-order valence-corrected chi connectivity index (χ1v) is 9.06. The van der Waals surface area contributed by atoms with Crippen LogP contribution in [0, 0.1) is 11.7 Å². The van der Waals surface area contributed by atoms with Gasteiger partial charge in [-0.25, -0.2) is 4.39 Å². The van der Waals surface area contributed by atoms with Crippen LogP contribution in [0.15, 0.2) is 24.3 Å². The van der Waals surface area contributed by atoms with E-state index in [1.54, 1.807) is 19.2 Å². The second-order valence-electron chi connectivity index (χ2n) is 7.00. The number of fused-ring (bicyclic) bond motifs is 1. The lowest BCUT2D eigenvalue weighted by atomic mass is 9.69. The standard InChI is InChI=1S/C19H28FNO4/c1-23-11-12-24-13-14-3-8-17(19(22)9-2-10-25-18(14)19)21-16-6-4-15(20)5-7-16/h4-7,14,17-18,21-22H,2-3,8-13H2,1H3/t14-,17?,18+,19+/m0/s1. The summed E-state index contributed by atoms with van der Waals surface area (Å²) in [5.74, 6) is -0.0894. The molecule has 0 bridgehead atoms. The molecule has 0 radical (unpaired) electrons. The molecule has 0 amide bonds. The lowest BCUT2D eigenvalue weighted by molar-refractivity contribution is -0.198. The summed E-state index contributed by atoms with van der Waals surface area (Å²) >= 11 is 0. The highest BCUT2D eigenvalue weighted by atomic mass is 19.1. The molecular weight excluding hydrogens is 325 g/mol. The Morgan fingerprint density at radius 3 is 2.84 bits per heavy atom. The number of nitrogens with one attached hydrogen (secondary N) is 1. The molecule has 0 aromatic heterocycles. The van der Waals surface area contributed by atoms with Crippen LogP contribution in [0.2, 0.25) is 0 Å². The van der Waals surface area contributed by atoms with E-state index in [9.17, 15) is 9.50 Å². The average molecular weight is 353 g/mol. The van der Waals surface area contributed by atoms with Crippen molar-refractivity contribution >= 4 is 5.69 Å². The quantitative estimate of drug-likeness (QED) is 0.738. The van der Waals surface area contributed by atoms with Gasteiger partial charge in [0.05, 0.1) is 32.0 Å². The van der Waals surface area contributed by atoms with Crippen LogP contribution in [0.4, 0.5) is 10.1 Å². The van der Waals surface area contributed by atoms with Gasteiger partial charge in [-0.05, 0) is 49.9 Å². The maximum absolute atomic E-state index is 13.1. The van der Waals surface area contributed by atoms with Crippen molar-refractivity contribution in [3.05, 3.63) is 30.1 Å². The maximum Gasteiger partial charge on any atom is 0.123 e. The zero-order valence-corrected chi connectivity index (χ0v) is 14.7. The van der Waals surface area contributed by atoms with Gasteiger partial charge in [-0.15, -0.1) is 0 Å². The lowest BCUT2D eigenvalue weighted by Crippen LogP contribution is -2.64. The highest BCUT2D eigenvalue weighted by Gasteiger charge is 2.52. The first kappa shape index (κ1) is 18.6. The van der Waals surface area contributed by atoms with Crippen LogP contribution in [0.5, 0.6) is 0 Å². The number of benzene rings is 1. The van der Waals surface area contributed by atoms with Crippen molar-refractivity contribution < 1.29 is 23.7 Å². The summed E-state index contributed by atoms with van der Waals surface area (Å²) in [6.07, 6.45) is 3.04. The molecule has 1 heterocycles. The Morgan fingerprint density at radius 2 is 2.08 bits per heavy atom. The number of hydrogen-bond donors (Lipinski definition) is 2. The number of ether oxygens (including phenoxy) is 3. The average Bonchev–Trinajstić information content (AvgIpc) is 2.62. The fourth-order valence-corrected chi connectivity index (χ4v) is 4.04. The molecule has 1 unspecified atom stereocenters. The fraction of sp³-hybridized carbons (Fsp3) is 0.684. The summed E-state index contributed by atoms with van der Waals surface area (Å²) in [5, 5.41) is 14.8. The molecule has 2 N–H and O–H groups in total. The molecule has 2 aliphatic rings. The molecule has 5 nitrogen and oxygen atoms in total. The van der Waals surface area contributed by atoms with Gasteiger partial charge in [-0.1, -0.05) is 0 Å². The van der Waals surface area contributed by atoms with Crippen molar-refractivity contribution in [1.82, 2.24) is 0 Å². The first-order chi connectivity index (χ1) is 12.1. The van der Waals surface area contributed by atoms with Crippen LogP contribution in [-0.2, 0) is 14.2 Å². The Hall–Kier alpha value is -1.21. The topological polar surface area (TPSA) is 60.0 Å². The third-order valence-corrected chi connectivity index (χ3v) is 5.32. The molecule has 1 aliphatic heterocycles. The predicted octanol–water partition coefficient (Wildman–Crippen LogP) is 2.59. The third-order valence-electron chi connectivity index (χ3n) is 5.32. The van der Waals surface area contributed by atoms with Gasteiger partial charge in [0.25, 0.3) is 0 Å². The minimum atomic E-state index is -0.930. The monoisotopic (exact) mass is 353 g/mol. The van der Waals surface area contributed by atoms with Gasteiger partial charge in [-0.2, -0.15) is 0 Å². The van der Waals surface area contributed by atoms with E-state index >= 15 is 0 Å². The van der Waals surface area contributed by atoms with Crippen molar-refractivity contribution in [1.29, 1.82) is 0 Å². The van der Waals surface area contributed by atoms with Gasteiger partial charge in [0.2, 0.25) is 0 Å². The number of halogens is 1. The van der Waals surface area contributed by atoms with E-state index in [-0.39, 0.29) is 23.9 Å². The molecule has 1 saturated heterocycles. The van der Waals surface area contributed by atoms with Gasteiger partial charge < -0.3 is 24.6 Å². The largest absolute Gasteiger partial charge is 0.385 e. The summed E-state index contributed by atoms with van der Waals surface area (Å²) in [7, 11) is 1.65. The SMILES string of the molecule is COCCOC[C@@H]1CCC(Nc2ccc(F)cc2)[C@]2(O)CCCO[C@H]12. The molecule has 1 aromatic carbocycles. The fourth-order valence-electron chi connectivity index (χ4n) is 4.04. The number of hydrogen-bond acceptors (Lipinski definition) is 5. The zero-order chi connectivity index (χ0) is 17.7. The molecule has 1 aliphatic carbocycles. The second kappa shape index (κ2) is 8.45. The van der Waals surface area contributed by atoms with E-state index in [1.165, 1.54) is 12.1 Å². The Morgan fingerprint density at radius 1 is 1.28 bits per heavy atom. The van der Waals surface area contributed by atoms with E-state index in [2.05, 4.69) is 5.32 Å². The Balaban J connectivity index is 1.66. The molecule has 6 heteroatoms. The van der Waals surface area contributed by atoms with Crippen LogP contribution in [0.3, 0.4) is 0 Å². The van der Waals surface area contributed by atoms with Crippen molar-refractivity contribution in [2.75, 3.05) is 38.9 Å². The van der Waals surface area contributed by atoms with E-state index in [0.29, 0.717) is 32.8 Å². The van der Waals surface area contributed by atoms with Crippen molar-refractivity contribution in [2.45, 2.75) is 43.4 Å². The summed E-state index contributed by atoms with van der Waals surface area (Å²) < 4.78 is 29.8. The molecule has 1 saturated carbocycles. The summed E-state index contributed by atoms with van der Waals surface area (Å²) in [6, 6.07) is 6.15. The third kappa shape index (κ3) is 4.31. The minimum absolute atomic E-state index is 0.113. The predicted molar refractivity (Wildman–Crippen MR) is 93.2 cm³/mol. The van der Waals surface area contributed by atoms with Gasteiger partial charge >= 0.3 is 0 Å². The second-order valence-corrected chi connectivity index (χ2v) is 7.00. The molecule has 2 fully saturated rings. The van der Waals surface area contributed by atoms with Gasteiger partial charge in [0.15, 0.2) is 0 Å².